The Morgan fingerprint density at radius 1 is 1.24 bits per heavy atom. The summed E-state index contributed by atoms with van der Waals surface area (Å²) in [7, 11) is 0. The summed E-state index contributed by atoms with van der Waals surface area (Å²) >= 11 is 0. The molecular weight excluding hydrogens is 328 g/mol. The fraction of sp³-hybridized carbons (Fsp3) is 0.222. The smallest absolute Gasteiger partial charge is 0.251 e. The van der Waals surface area contributed by atoms with E-state index in [-0.39, 0.29) is 31.0 Å². The number of carbonyl (C=O) groups is 1. The topological polar surface area (TPSA) is 78.0 Å². The van der Waals surface area contributed by atoms with Crippen LogP contribution in [0.1, 0.15) is 15.9 Å². The average Bonchev–Trinajstić information content (AvgIpc) is 3.08. The van der Waals surface area contributed by atoms with E-state index in [1.54, 1.807) is 24.5 Å². The zero-order valence-electron chi connectivity index (χ0n) is 13.3. The van der Waals surface area contributed by atoms with E-state index in [1.807, 2.05) is 0 Å². The molecule has 2 aromatic carbocycles. The van der Waals surface area contributed by atoms with E-state index in [4.69, 9.17) is 0 Å². The minimum atomic E-state index is -0.537. The minimum Gasteiger partial charge on any atom is -0.396 e. The van der Waals surface area contributed by atoms with E-state index >= 15 is 0 Å². The van der Waals surface area contributed by atoms with Crippen LogP contribution >= 0.6 is 0 Å². The predicted octanol–water partition coefficient (Wildman–Crippen LogP) is 2.42. The fourth-order valence-electron chi connectivity index (χ4n) is 2.63. The number of nitrogens with zero attached hydrogens (tertiary/aromatic N) is 1. The molecule has 1 atom stereocenters. The summed E-state index contributed by atoms with van der Waals surface area (Å²) in [6.07, 6.45) is 1.67. The number of imidazole rings is 1. The first-order chi connectivity index (χ1) is 12.1. The Balaban J connectivity index is 1.63. The number of aromatic amines is 1. The number of hydrogen-bond donors (Lipinski definition) is 3. The largest absolute Gasteiger partial charge is 0.396 e. The number of aliphatic hydroxyl groups excluding tert-OH is 1. The summed E-state index contributed by atoms with van der Waals surface area (Å²) < 4.78 is 26.9. The Morgan fingerprint density at radius 2 is 2.08 bits per heavy atom. The summed E-state index contributed by atoms with van der Waals surface area (Å²) in [4.78, 5) is 19.3. The first kappa shape index (κ1) is 17.0. The number of amides is 1. The number of hydrogen-bond acceptors (Lipinski definition) is 3. The van der Waals surface area contributed by atoms with Gasteiger partial charge in [-0.25, -0.2) is 13.8 Å². The first-order valence-corrected chi connectivity index (χ1v) is 7.83. The van der Waals surface area contributed by atoms with Crippen LogP contribution in [-0.4, -0.2) is 34.1 Å². The van der Waals surface area contributed by atoms with Crippen molar-refractivity contribution < 1.29 is 18.7 Å². The summed E-state index contributed by atoms with van der Waals surface area (Å²) in [5.41, 5.74) is 2.12. The van der Waals surface area contributed by atoms with Crippen LogP contribution in [0, 0.1) is 17.6 Å². The van der Waals surface area contributed by atoms with Crippen molar-refractivity contribution in [1.82, 2.24) is 15.3 Å². The van der Waals surface area contributed by atoms with Gasteiger partial charge in [0.25, 0.3) is 5.91 Å². The van der Waals surface area contributed by atoms with E-state index in [1.165, 1.54) is 0 Å². The number of rotatable bonds is 6. The fourth-order valence-corrected chi connectivity index (χ4v) is 2.63. The Morgan fingerprint density at radius 3 is 2.88 bits per heavy atom. The van der Waals surface area contributed by atoms with Gasteiger partial charge in [-0.3, -0.25) is 4.79 Å². The second kappa shape index (κ2) is 7.40. The molecule has 0 fully saturated rings. The number of nitrogens with one attached hydrogen (secondary N) is 2. The molecule has 1 heterocycles. The minimum absolute atomic E-state index is 0.125. The van der Waals surface area contributed by atoms with Crippen molar-refractivity contribution in [2.45, 2.75) is 6.42 Å². The summed E-state index contributed by atoms with van der Waals surface area (Å²) in [5.74, 6) is -1.80. The van der Waals surface area contributed by atoms with E-state index in [9.17, 15) is 18.7 Å². The van der Waals surface area contributed by atoms with Gasteiger partial charge in [-0.15, -0.1) is 0 Å². The lowest BCUT2D eigenvalue weighted by Crippen LogP contribution is -2.32. The summed E-state index contributed by atoms with van der Waals surface area (Å²) in [5, 5.41) is 12.2. The molecule has 3 rings (SSSR count). The maximum atomic E-state index is 13.7. The lowest BCUT2D eigenvalue weighted by atomic mass is 9.99. The van der Waals surface area contributed by atoms with Crippen LogP contribution in [0.5, 0.6) is 0 Å². The highest BCUT2D eigenvalue weighted by Gasteiger charge is 2.15. The number of H-pyrrole nitrogens is 1. The lowest BCUT2D eigenvalue weighted by molar-refractivity contribution is 0.0940. The van der Waals surface area contributed by atoms with Gasteiger partial charge in [0.15, 0.2) is 0 Å². The van der Waals surface area contributed by atoms with Crippen molar-refractivity contribution in [3.05, 3.63) is 65.5 Å². The van der Waals surface area contributed by atoms with E-state index in [2.05, 4.69) is 15.3 Å². The Kier molecular flexibility index (Phi) is 5.04. The zero-order chi connectivity index (χ0) is 17.8. The number of aliphatic hydroxyl groups is 1. The molecule has 3 N–H and O–H groups in total. The quantitative estimate of drug-likeness (QED) is 0.642. The van der Waals surface area contributed by atoms with Crippen LogP contribution in [0.25, 0.3) is 11.0 Å². The van der Waals surface area contributed by atoms with Gasteiger partial charge in [-0.1, -0.05) is 0 Å². The van der Waals surface area contributed by atoms with Gasteiger partial charge in [0, 0.05) is 24.6 Å². The van der Waals surface area contributed by atoms with Gasteiger partial charge < -0.3 is 15.4 Å². The summed E-state index contributed by atoms with van der Waals surface area (Å²) in [6.45, 7) is -0.109. The highest BCUT2D eigenvalue weighted by atomic mass is 19.1. The van der Waals surface area contributed by atoms with E-state index in [0.29, 0.717) is 5.56 Å². The van der Waals surface area contributed by atoms with Gasteiger partial charge >= 0.3 is 0 Å². The third-order valence-corrected chi connectivity index (χ3v) is 4.01. The second-order valence-electron chi connectivity index (χ2n) is 5.83. The maximum absolute atomic E-state index is 13.7. The van der Waals surface area contributed by atoms with Crippen LogP contribution in [0.4, 0.5) is 8.78 Å². The van der Waals surface area contributed by atoms with Gasteiger partial charge in [0.2, 0.25) is 0 Å². The van der Waals surface area contributed by atoms with Crippen molar-refractivity contribution in [2.75, 3.05) is 13.2 Å². The number of aromatic nitrogens is 2. The normalized spacial score (nSPS) is 12.3. The van der Waals surface area contributed by atoms with Crippen molar-refractivity contribution in [3.8, 4) is 0 Å². The molecule has 1 unspecified atom stereocenters. The van der Waals surface area contributed by atoms with Crippen molar-refractivity contribution in [3.63, 3.8) is 0 Å². The molecule has 0 saturated carbocycles. The molecule has 3 aromatic rings. The Bertz CT molecular complexity index is 895. The van der Waals surface area contributed by atoms with Gasteiger partial charge in [-0.05, 0) is 48.4 Å². The number of carbonyl (C=O) groups excluding carboxylic acids is 1. The van der Waals surface area contributed by atoms with Crippen LogP contribution in [-0.2, 0) is 6.42 Å². The Hall–Kier alpha value is -2.80. The third kappa shape index (κ3) is 4.00. The van der Waals surface area contributed by atoms with E-state index < -0.39 is 17.6 Å². The zero-order valence-corrected chi connectivity index (χ0v) is 13.3. The molecule has 5 nitrogen and oxygen atoms in total. The van der Waals surface area contributed by atoms with Crippen molar-refractivity contribution in [2.24, 2.45) is 5.92 Å². The summed E-state index contributed by atoms with van der Waals surface area (Å²) in [6, 6.07) is 8.26. The van der Waals surface area contributed by atoms with Gasteiger partial charge in [-0.2, -0.15) is 0 Å². The molecule has 1 amide bonds. The number of halogens is 2. The number of fused-ring (bicyclic) bond motifs is 1. The SMILES string of the molecule is O=C(NCC(CO)Cc1cc(F)ccc1F)c1ccc2nc[nH]c2c1. The highest BCUT2D eigenvalue weighted by Crippen LogP contribution is 2.15. The molecule has 130 valence electrons. The molecule has 0 radical (unpaired) electrons. The van der Waals surface area contributed by atoms with Crippen LogP contribution in [0.2, 0.25) is 0 Å². The van der Waals surface area contributed by atoms with Crippen molar-refractivity contribution >= 4 is 16.9 Å². The van der Waals surface area contributed by atoms with Gasteiger partial charge in [0.1, 0.15) is 11.6 Å². The third-order valence-electron chi connectivity index (χ3n) is 4.01. The van der Waals surface area contributed by atoms with Crippen LogP contribution in [0.3, 0.4) is 0 Å². The molecule has 0 aliphatic carbocycles. The average molecular weight is 345 g/mol. The van der Waals surface area contributed by atoms with E-state index in [0.717, 1.165) is 29.2 Å². The molecule has 0 aliphatic rings. The molecule has 1 aromatic heterocycles. The molecule has 0 bridgehead atoms. The van der Waals surface area contributed by atoms with Crippen LogP contribution in [0.15, 0.2) is 42.7 Å². The predicted molar refractivity (Wildman–Crippen MR) is 89.1 cm³/mol. The van der Waals surface area contributed by atoms with Gasteiger partial charge in [0.05, 0.1) is 17.4 Å². The molecular formula is C18H17F2N3O2. The number of benzene rings is 2. The van der Waals surface area contributed by atoms with Crippen molar-refractivity contribution in [1.29, 1.82) is 0 Å². The second-order valence-corrected chi connectivity index (χ2v) is 5.83. The molecule has 0 aliphatic heterocycles. The maximum Gasteiger partial charge on any atom is 0.251 e. The molecule has 0 spiro atoms. The molecule has 7 heteroatoms. The first-order valence-electron chi connectivity index (χ1n) is 7.83. The lowest BCUT2D eigenvalue weighted by Gasteiger charge is -2.16. The monoisotopic (exact) mass is 345 g/mol. The van der Waals surface area contributed by atoms with Crippen LogP contribution < -0.4 is 5.32 Å². The highest BCUT2D eigenvalue weighted by molar-refractivity contribution is 5.97. The standard InChI is InChI=1S/C18H17F2N3O2/c19-14-2-3-15(20)13(6-14)5-11(9-24)8-21-18(25)12-1-4-16-17(7-12)23-10-22-16/h1-4,6-7,10-11,24H,5,8-9H2,(H,21,25)(H,22,23). The molecule has 0 saturated heterocycles. The Labute approximate surface area is 142 Å². The molecule has 25 heavy (non-hydrogen) atoms.